The van der Waals surface area contributed by atoms with Crippen LogP contribution in [-0.4, -0.2) is 49.8 Å². The molecule has 152 valence electrons. The minimum Gasteiger partial charge on any atom is -0.476 e. The molecule has 1 fully saturated rings. The van der Waals surface area contributed by atoms with E-state index in [1.807, 2.05) is 13.8 Å². The number of hydrogen-bond donors (Lipinski definition) is 3. The fraction of sp³-hybridized carbons (Fsp3) is 0.750. The zero-order chi connectivity index (χ0) is 20.6. The number of aromatic nitrogens is 2. The highest BCUT2D eigenvalue weighted by Crippen LogP contribution is 2.43. The van der Waals surface area contributed by atoms with Gasteiger partial charge < -0.3 is 25.4 Å². The molecule has 1 aromatic rings. The standard InChI is InChI=1S/C16H27N3O7P/c1-8(2)7-24-12-9(17)6-19(14(21)18-12)13-16(5,22)10(20)11(25-13)15(3,4)26-27-23/h6,8,10-11,13,20,22,27H,7,17H2,1-5H3/q+1. The molecular weight excluding hydrogens is 377 g/mol. The number of rotatable bonds is 7. The second-order valence-corrected chi connectivity index (χ2v) is 8.14. The van der Waals surface area contributed by atoms with Crippen molar-refractivity contribution in [2.45, 2.75) is 64.3 Å². The molecular formula is C16H27N3O7P+. The van der Waals surface area contributed by atoms with Crippen LogP contribution in [0.15, 0.2) is 11.0 Å². The Balaban J connectivity index is 2.38. The van der Waals surface area contributed by atoms with E-state index in [0.717, 1.165) is 4.57 Å². The van der Waals surface area contributed by atoms with Crippen molar-refractivity contribution in [2.24, 2.45) is 5.92 Å². The molecule has 0 aromatic carbocycles. The second kappa shape index (κ2) is 7.81. The van der Waals surface area contributed by atoms with Gasteiger partial charge in [-0.1, -0.05) is 13.8 Å². The van der Waals surface area contributed by atoms with Crippen LogP contribution in [-0.2, 0) is 13.8 Å². The molecule has 0 bridgehead atoms. The molecule has 2 rings (SSSR count). The van der Waals surface area contributed by atoms with Crippen molar-refractivity contribution in [3.05, 3.63) is 16.7 Å². The molecule has 11 heteroatoms. The second-order valence-electron chi connectivity index (χ2n) is 7.76. The Kier molecular flexibility index (Phi) is 6.28. The molecule has 27 heavy (non-hydrogen) atoms. The van der Waals surface area contributed by atoms with Gasteiger partial charge in [-0.15, -0.1) is 4.52 Å². The number of anilines is 1. The molecule has 0 aliphatic carbocycles. The number of aliphatic hydroxyl groups is 2. The average Bonchev–Trinajstić information content (AvgIpc) is 2.79. The Morgan fingerprint density at radius 3 is 2.70 bits per heavy atom. The average molecular weight is 404 g/mol. The monoisotopic (exact) mass is 404 g/mol. The van der Waals surface area contributed by atoms with Crippen LogP contribution in [0.25, 0.3) is 0 Å². The van der Waals surface area contributed by atoms with Gasteiger partial charge in [-0.3, -0.25) is 4.57 Å². The molecule has 1 aromatic heterocycles. The van der Waals surface area contributed by atoms with Crippen molar-refractivity contribution >= 4 is 14.4 Å². The smallest absolute Gasteiger partial charge is 0.476 e. The van der Waals surface area contributed by atoms with Crippen molar-refractivity contribution < 1.29 is 28.8 Å². The number of nitrogens with zero attached hydrogens (tertiary/aromatic N) is 2. The Labute approximate surface area is 158 Å². The number of nitrogen functional groups attached to an aromatic ring is 1. The normalized spacial score (nSPS) is 28.8. The van der Waals surface area contributed by atoms with Crippen LogP contribution in [0.5, 0.6) is 5.88 Å². The molecule has 1 aliphatic heterocycles. The molecule has 1 saturated heterocycles. The van der Waals surface area contributed by atoms with Gasteiger partial charge in [0.15, 0.2) is 6.23 Å². The van der Waals surface area contributed by atoms with Crippen molar-refractivity contribution in [3.8, 4) is 5.88 Å². The molecule has 0 radical (unpaired) electrons. The molecule has 10 nitrogen and oxygen atoms in total. The van der Waals surface area contributed by atoms with Crippen LogP contribution in [0.4, 0.5) is 5.69 Å². The molecule has 5 atom stereocenters. The highest BCUT2D eigenvalue weighted by Gasteiger charge is 2.59. The predicted octanol–water partition coefficient (Wildman–Crippen LogP) is 0.604. The van der Waals surface area contributed by atoms with Crippen molar-refractivity contribution in [1.29, 1.82) is 0 Å². The third-order valence-electron chi connectivity index (χ3n) is 4.40. The van der Waals surface area contributed by atoms with Gasteiger partial charge in [-0.25, -0.2) is 4.79 Å². The minimum absolute atomic E-state index is 0.00379. The van der Waals surface area contributed by atoms with E-state index in [0.29, 0.717) is 6.61 Å². The van der Waals surface area contributed by atoms with E-state index in [2.05, 4.69) is 4.98 Å². The maximum absolute atomic E-state index is 12.5. The minimum atomic E-state index is -1.85. The lowest BCUT2D eigenvalue weighted by atomic mass is 9.89. The number of ether oxygens (including phenoxy) is 2. The summed E-state index contributed by atoms with van der Waals surface area (Å²) in [6, 6.07) is 0. The summed E-state index contributed by atoms with van der Waals surface area (Å²) >= 11 is 0. The molecule has 0 spiro atoms. The summed E-state index contributed by atoms with van der Waals surface area (Å²) in [5, 5.41) is 21.3. The van der Waals surface area contributed by atoms with Gasteiger partial charge in [0.2, 0.25) is 5.88 Å². The van der Waals surface area contributed by atoms with E-state index >= 15 is 0 Å². The van der Waals surface area contributed by atoms with Gasteiger partial charge in [-0.05, 0) is 31.3 Å². The Bertz CT molecular complexity index is 750. The Hall–Kier alpha value is -1.58. The van der Waals surface area contributed by atoms with E-state index in [4.69, 9.17) is 19.7 Å². The lowest BCUT2D eigenvalue weighted by Crippen LogP contribution is -2.50. The summed E-state index contributed by atoms with van der Waals surface area (Å²) in [5.74, 6) is 0.211. The first kappa shape index (κ1) is 21.7. The molecule has 2 heterocycles. The lowest BCUT2D eigenvalue weighted by molar-refractivity contribution is -0.115. The fourth-order valence-electron chi connectivity index (χ4n) is 2.86. The van der Waals surface area contributed by atoms with E-state index in [1.165, 1.54) is 13.1 Å². The largest absolute Gasteiger partial charge is 0.494 e. The van der Waals surface area contributed by atoms with E-state index in [9.17, 15) is 19.6 Å². The Morgan fingerprint density at radius 2 is 2.15 bits per heavy atom. The van der Waals surface area contributed by atoms with Crippen LogP contribution in [0.2, 0.25) is 0 Å². The first-order valence-corrected chi connectivity index (χ1v) is 9.36. The van der Waals surface area contributed by atoms with Crippen molar-refractivity contribution in [3.63, 3.8) is 0 Å². The van der Waals surface area contributed by atoms with Crippen LogP contribution in [0.1, 0.15) is 40.8 Å². The van der Waals surface area contributed by atoms with Crippen LogP contribution >= 0.6 is 8.69 Å². The van der Waals surface area contributed by atoms with Crippen molar-refractivity contribution in [2.75, 3.05) is 12.3 Å². The number of nitrogens with two attached hydrogens (primary N) is 1. The van der Waals surface area contributed by atoms with Gasteiger partial charge in [0.05, 0.1) is 6.61 Å². The molecule has 0 amide bonds. The van der Waals surface area contributed by atoms with E-state index < -0.39 is 44.0 Å². The third kappa shape index (κ3) is 4.30. The van der Waals surface area contributed by atoms with Crippen LogP contribution < -0.4 is 16.2 Å². The zero-order valence-corrected chi connectivity index (χ0v) is 17.0. The first-order valence-electron chi connectivity index (χ1n) is 8.54. The molecule has 5 unspecified atom stereocenters. The van der Waals surface area contributed by atoms with Gasteiger partial charge >= 0.3 is 14.4 Å². The highest BCUT2D eigenvalue weighted by atomic mass is 31.1. The predicted molar refractivity (Wildman–Crippen MR) is 97.9 cm³/mol. The fourth-order valence-corrected chi connectivity index (χ4v) is 3.19. The summed E-state index contributed by atoms with van der Waals surface area (Å²) in [6.07, 6.45) is -2.50. The zero-order valence-electron chi connectivity index (χ0n) is 16.0. The van der Waals surface area contributed by atoms with E-state index in [-0.39, 0.29) is 17.5 Å². The van der Waals surface area contributed by atoms with Crippen LogP contribution in [0, 0.1) is 5.92 Å². The molecule has 0 saturated carbocycles. The van der Waals surface area contributed by atoms with Gasteiger partial charge in [-0.2, -0.15) is 4.98 Å². The quantitative estimate of drug-likeness (QED) is 0.556. The maximum Gasteiger partial charge on any atom is 0.494 e. The van der Waals surface area contributed by atoms with Crippen LogP contribution in [0.3, 0.4) is 0 Å². The van der Waals surface area contributed by atoms with Crippen molar-refractivity contribution in [1.82, 2.24) is 9.55 Å². The SMILES string of the molecule is CC(C)COc1nc(=O)n(C2OC(C(C)(C)O[PH+]=O)C(O)C2(C)O)cc1N. The lowest BCUT2D eigenvalue weighted by Gasteiger charge is -2.29. The summed E-state index contributed by atoms with van der Waals surface area (Å²) in [5.41, 5.74) is 2.22. The number of hydrogen-bond acceptors (Lipinski definition) is 9. The topological polar surface area (TPSA) is 146 Å². The summed E-state index contributed by atoms with van der Waals surface area (Å²) in [6.45, 7) is 8.65. The van der Waals surface area contributed by atoms with Gasteiger partial charge in [0, 0.05) is 6.20 Å². The first-order chi connectivity index (χ1) is 12.4. The maximum atomic E-state index is 12.5. The summed E-state index contributed by atoms with van der Waals surface area (Å²) < 4.78 is 28.1. The molecule has 1 aliphatic rings. The Morgan fingerprint density at radius 1 is 1.52 bits per heavy atom. The highest BCUT2D eigenvalue weighted by molar-refractivity contribution is 7.17. The van der Waals surface area contributed by atoms with E-state index in [1.54, 1.807) is 13.8 Å². The van der Waals surface area contributed by atoms with Gasteiger partial charge in [0.25, 0.3) is 0 Å². The third-order valence-corrected chi connectivity index (χ3v) is 5.01. The van der Waals surface area contributed by atoms with Gasteiger partial charge in [0.1, 0.15) is 29.1 Å². The number of aliphatic hydroxyl groups excluding tert-OH is 1. The molecule has 4 N–H and O–H groups in total. The summed E-state index contributed by atoms with van der Waals surface area (Å²) in [7, 11) is -1.08. The summed E-state index contributed by atoms with van der Waals surface area (Å²) in [4.78, 5) is 16.3.